The van der Waals surface area contributed by atoms with Crippen molar-refractivity contribution in [1.29, 1.82) is 0 Å². The first kappa shape index (κ1) is 14.2. The average Bonchev–Trinajstić information content (AvgIpc) is 2.69. The molecule has 2 rings (SSSR count). The molecule has 19 heavy (non-hydrogen) atoms. The minimum Gasteiger partial charge on any atom is -0.391 e. The van der Waals surface area contributed by atoms with E-state index in [2.05, 4.69) is 5.10 Å². The number of aliphatic hydroxyl groups excluding tert-OH is 1. The number of hydrogen-bond acceptors (Lipinski definition) is 2. The molecule has 1 heterocycles. The van der Waals surface area contributed by atoms with Gasteiger partial charge in [0.25, 0.3) is 6.43 Å². The van der Waals surface area contributed by atoms with Crippen molar-refractivity contribution in [3.8, 4) is 0 Å². The van der Waals surface area contributed by atoms with Crippen LogP contribution in [0.15, 0.2) is 24.3 Å². The van der Waals surface area contributed by atoms with Crippen molar-refractivity contribution in [1.82, 2.24) is 9.78 Å². The summed E-state index contributed by atoms with van der Waals surface area (Å²) >= 11 is 11.9. The van der Waals surface area contributed by atoms with Crippen LogP contribution in [-0.4, -0.2) is 14.9 Å². The zero-order chi connectivity index (χ0) is 14.0. The van der Waals surface area contributed by atoms with Crippen LogP contribution in [0.2, 0.25) is 10.2 Å². The van der Waals surface area contributed by atoms with Gasteiger partial charge in [-0.3, -0.25) is 0 Å². The second-order valence-electron chi connectivity index (χ2n) is 3.86. The summed E-state index contributed by atoms with van der Waals surface area (Å²) in [6.07, 6.45) is -2.79. The van der Waals surface area contributed by atoms with Crippen LogP contribution in [-0.2, 0) is 13.2 Å². The number of hydrogen-bond donors (Lipinski definition) is 1. The summed E-state index contributed by atoms with van der Waals surface area (Å²) in [5, 5.41) is 13.3. The van der Waals surface area contributed by atoms with Crippen molar-refractivity contribution >= 4 is 23.2 Å². The van der Waals surface area contributed by atoms with E-state index in [0.29, 0.717) is 10.6 Å². The first-order valence-corrected chi connectivity index (χ1v) is 6.17. The van der Waals surface area contributed by atoms with Gasteiger partial charge in [-0.25, -0.2) is 13.5 Å². The molecule has 1 N–H and O–H groups in total. The molecule has 0 bridgehead atoms. The molecule has 0 radical (unpaired) electrons. The molecule has 0 unspecified atom stereocenters. The van der Waals surface area contributed by atoms with Gasteiger partial charge in [0.2, 0.25) is 0 Å². The van der Waals surface area contributed by atoms with E-state index < -0.39 is 18.7 Å². The molecule has 0 aliphatic heterocycles. The molecular weight excluding hydrogens is 297 g/mol. The van der Waals surface area contributed by atoms with Gasteiger partial charge in [0.1, 0.15) is 10.8 Å². The summed E-state index contributed by atoms with van der Waals surface area (Å²) in [5.74, 6) is 0. The highest BCUT2D eigenvalue weighted by Gasteiger charge is 2.22. The quantitative estimate of drug-likeness (QED) is 0.936. The Hall–Kier alpha value is -1.17. The lowest BCUT2D eigenvalue weighted by Crippen LogP contribution is -2.03. The third kappa shape index (κ3) is 2.88. The van der Waals surface area contributed by atoms with E-state index in [1.165, 1.54) is 4.68 Å². The summed E-state index contributed by atoms with van der Waals surface area (Å²) in [5.41, 5.74) is 0.155. The Morgan fingerprint density at radius 1 is 1.26 bits per heavy atom. The summed E-state index contributed by atoms with van der Waals surface area (Å²) in [4.78, 5) is 0. The SMILES string of the molecule is OCc1c(C(F)F)nn(Cc2ccccc2Cl)c1Cl. The van der Waals surface area contributed by atoms with E-state index in [1.54, 1.807) is 24.3 Å². The summed E-state index contributed by atoms with van der Waals surface area (Å²) in [7, 11) is 0. The molecule has 0 spiro atoms. The van der Waals surface area contributed by atoms with Crippen molar-refractivity contribution in [3.05, 3.63) is 51.3 Å². The van der Waals surface area contributed by atoms with Crippen LogP contribution < -0.4 is 0 Å². The molecule has 0 saturated heterocycles. The van der Waals surface area contributed by atoms with E-state index in [9.17, 15) is 8.78 Å². The van der Waals surface area contributed by atoms with Gasteiger partial charge in [0, 0.05) is 10.6 Å². The zero-order valence-electron chi connectivity index (χ0n) is 9.65. The van der Waals surface area contributed by atoms with Crippen LogP contribution in [0.25, 0.3) is 0 Å². The topological polar surface area (TPSA) is 38.1 Å². The van der Waals surface area contributed by atoms with E-state index in [-0.39, 0.29) is 17.3 Å². The number of aliphatic hydroxyl groups is 1. The number of aromatic nitrogens is 2. The minimum absolute atomic E-state index is 0.00211. The number of rotatable bonds is 4. The van der Waals surface area contributed by atoms with Gasteiger partial charge in [-0.2, -0.15) is 5.10 Å². The van der Waals surface area contributed by atoms with Gasteiger partial charge in [-0.1, -0.05) is 41.4 Å². The number of nitrogens with zero attached hydrogens (tertiary/aromatic N) is 2. The van der Waals surface area contributed by atoms with E-state index in [0.717, 1.165) is 0 Å². The first-order valence-electron chi connectivity index (χ1n) is 5.42. The van der Waals surface area contributed by atoms with Gasteiger partial charge in [0.15, 0.2) is 0 Å². The third-order valence-electron chi connectivity index (χ3n) is 2.66. The highest BCUT2D eigenvalue weighted by atomic mass is 35.5. The Bertz CT molecular complexity index is 587. The molecule has 0 fully saturated rings. The first-order chi connectivity index (χ1) is 9.04. The molecule has 0 saturated carbocycles. The number of alkyl halides is 2. The molecule has 102 valence electrons. The highest BCUT2D eigenvalue weighted by Crippen LogP contribution is 2.29. The molecule has 0 aliphatic carbocycles. The Labute approximate surface area is 118 Å². The van der Waals surface area contributed by atoms with Crippen LogP contribution in [0, 0.1) is 0 Å². The smallest absolute Gasteiger partial charge is 0.282 e. The monoisotopic (exact) mass is 306 g/mol. The zero-order valence-corrected chi connectivity index (χ0v) is 11.2. The van der Waals surface area contributed by atoms with Crippen LogP contribution in [0.5, 0.6) is 0 Å². The van der Waals surface area contributed by atoms with Crippen LogP contribution in [0.4, 0.5) is 8.78 Å². The molecule has 3 nitrogen and oxygen atoms in total. The van der Waals surface area contributed by atoms with Crippen molar-refractivity contribution in [2.24, 2.45) is 0 Å². The van der Waals surface area contributed by atoms with Crippen molar-refractivity contribution in [3.63, 3.8) is 0 Å². The fourth-order valence-electron chi connectivity index (χ4n) is 1.71. The second kappa shape index (κ2) is 5.86. The van der Waals surface area contributed by atoms with E-state index >= 15 is 0 Å². The lowest BCUT2D eigenvalue weighted by Gasteiger charge is -2.05. The normalized spacial score (nSPS) is 11.3. The lowest BCUT2D eigenvalue weighted by molar-refractivity contribution is 0.141. The molecule has 7 heteroatoms. The predicted molar refractivity (Wildman–Crippen MR) is 68.7 cm³/mol. The van der Waals surface area contributed by atoms with Crippen LogP contribution >= 0.6 is 23.2 Å². The molecule has 1 aromatic carbocycles. The van der Waals surface area contributed by atoms with Gasteiger partial charge in [-0.05, 0) is 11.6 Å². The van der Waals surface area contributed by atoms with Crippen LogP contribution in [0.3, 0.4) is 0 Å². The molecule has 0 amide bonds. The highest BCUT2D eigenvalue weighted by molar-refractivity contribution is 6.31. The Morgan fingerprint density at radius 3 is 2.47 bits per heavy atom. The maximum absolute atomic E-state index is 12.8. The van der Waals surface area contributed by atoms with E-state index in [4.69, 9.17) is 28.3 Å². The van der Waals surface area contributed by atoms with Gasteiger partial charge in [0.05, 0.1) is 13.2 Å². The van der Waals surface area contributed by atoms with Gasteiger partial charge in [-0.15, -0.1) is 0 Å². The molecule has 1 aromatic heterocycles. The fourth-order valence-corrected chi connectivity index (χ4v) is 2.16. The van der Waals surface area contributed by atoms with Crippen LogP contribution in [0.1, 0.15) is 23.2 Å². The maximum atomic E-state index is 12.8. The number of benzene rings is 1. The van der Waals surface area contributed by atoms with Crippen molar-refractivity contribution in [2.75, 3.05) is 0 Å². The van der Waals surface area contributed by atoms with Crippen molar-refractivity contribution < 1.29 is 13.9 Å². The Morgan fingerprint density at radius 2 is 1.95 bits per heavy atom. The fraction of sp³-hybridized carbons (Fsp3) is 0.250. The molecule has 0 aliphatic rings. The number of halogens is 4. The summed E-state index contributed by atoms with van der Waals surface area (Å²) in [6, 6.07) is 6.98. The van der Waals surface area contributed by atoms with E-state index in [1.807, 2.05) is 0 Å². The Balaban J connectivity index is 2.39. The van der Waals surface area contributed by atoms with Gasteiger partial charge < -0.3 is 5.11 Å². The summed E-state index contributed by atoms with van der Waals surface area (Å²) in [6.45, 7) is -0.417. The average molecular weight is 307 g/mol. The largest absolute Gasteiger partial charge is 0.391 e. The minimum atomic E-state index is -2.79. The van der Waals surface area contributed by atoms with Gasteiger partial charge >= 0.3 is 0 Å². The summed E-state index contributed by atoms with van der Waals surface area (Å²) < 4.78 is 26.7. The maximum Gasteiger partial charge on any atom is 0.282 e. The van der Waals surface area contributed by atoms with Crippen molar-refractivity contribution in [2.45, 2.75) is 19.6 Å². The molecular formula is C12H10Cl2F2N2O. The predicted octanol–water partition coefficient (Wildman–Crippen LogP) is 3.67. The standard InChI is InChI=1S/C12H10Cl2F2N2O/c13-9-4-2-1-3-7(9)5-18-11(14)8(6-19)10(17-18)12(15)16/h1-4,12,19H,5-6H2. The second-order valence-corrected chi connectivity index (χ2v) is 4.63. The molecule has 2 aromatic rings. The molecule has 0 atom stereocenters. The lowest BCUT2D eigenvalue weighted by atomic mass is 10.2. The third-order valence-corrected chi connectivity index (χ3v) is 3.45. The Kier molecular flexibility index (Phi) is 4.39.